The van der Waals surface area contributed by atoms with Crippen LogP contribution in [0.4, 0.5) is 9.18 Å². The summed E-state index contributed by atoms with van der Waals surface area (Å²) in [5.41, 5.74) is 0.140. The molecule has 1 atom stereocenters. The van der Waals surface area contributed by atoms with Gasteiger partial charge in [-0.25, -0.2) is 9.18 Å². The minimum atomic E-state index is -0.581. The van der Waals surface area contributed by atoms with Gasteiger partial charge in [0, 0.05) is 6.42 Å². The van der Waals surface area contributed by atoms with Crippen LogP contribution < -0.4 is 5.32 Å². The third-order valence-electron chi connectivity index (χ3n) is 2.22. The van der Waals surface area contributed by atoms with Gasteiger partial charge >= 0.3 is 6.09 Å². The Morgan fingerprint density at radius 3 is 2.74 bits per heavy atom. The van der Waals surface area contributed by atoms with Crippen molar-refractivity contribution in [1.82, 2.24) is 5.32 Å². The normalized spacial score (nSPS) is 12.4. The lowest BCUT2D eigenvalue weighted by atomic mass is 10.1. The Bertz CT molecular complexity index is 486. The molecule has 0 saturated heterocycles. The average molecular weight is 263 g/mol. The van der Waals surface area contributed by atoms with Crippen molar-refractivity contribution in [2.75, 3.05) is 0 Å². The van der Waals surface area contributed by atoms with E-state index in [1.165, 1.54) is 12.1 Å². The van der Waals surface area contributed by atoms with Gasteiger partial charge in [0.05, 0.1) is 6.04 Å². The van der Waals surface area contributed by atoms with E-state index in [2.05, 4.69) is 11.2 Å². The maximum absolute atomic E-state index is 13.0. The second kappa shape index (κ2) is 6.24. The molecule has 1 aromatic carbocycles. The first-order valence-electron chi connectivity index (χ1n) is 6.00. The Morgan fingerprint density at radius 2 is 2.21 bits per heavy atom. The highest BCUT2D eigenvalue weighted by molar-refractivity contribution is 5.68. The average Bonchev–Trinajstić information content (AvgIpc) is 2.25. The number of amides is 1. The van der Waals surface area contributed by atoms with Crippen LogP contribution in [0.15, 0.2) is 24.3 Å². The summed E-state index contributed by atoms with van der Waals surface area (Å²) >= 11 is 0. The Morgan fingerprint density at radius 1 is 1.53 bits per heavy atom. The summed E-state index contributed by atoms with van der Waals surface area (Å²) in [6.07, 6.45) is 5.13. The number of halogens is 1. The van der Waals surface area contributed by atoms with Crippen molar-refractivity contribution in [3.63, 3.8) is 0 Å². The van der Waals surface area contributed by atoms with E-state index in [0.29, 0.717) is 6.42 Å². The van der Waals surface area contributed by atoms with Gasteiger partial charge in [0.15, 0.2) is 0 Å². The van der Waals surface area contributed by atoms with Gasteiger partial charge in [-0.1, -0.05) is 18.1 Å². The molecular weight excluding hydrogens is 245 g/mol. The van der Waals surface area contributed by atoms with Crippen LogP contribution in [0.2, 0.25) is 0 Å². The van der Waals surface area contributed by atoms with Crippen molar-refractivity contribution in [1.29, 1.82) is 0 Å². The lowest BCUT2D eigenvalue weighted by molar-refractivity contribution is 0.0516. The zero-order valence-electron chi connectivity index (χ0n) is 11.4. The molecule has 0 aliphatic heterocycles. The number of ether oxygens (including phenoxy) is 1. The summed E-state index contributed by atoms with van der Waals surface area (Å²) in [4.78, 5) is 11.6. The molecule has 0 unspecified atom stereocenters. The third kappa shape index (κ3) is 5.91. The maximum atomic E-state index is 13.0. The van der Waals surface area contributed by atoms with Crippen molar-refractivity contribution in [3.8, 4) is 12.3 Å². The van der Waals surface area contributed by atoms with E-state index < -0.39 is 17.7 Å². The van der Waals surface area contributed by atoms with E-state index in [9.17, 15) is 9.18 Å². The molecule has 1 N–H and O–H groups in total. The Balaban J connectivity index is 2.60. The number of hydrogen-bond donors (Lipinski definition) is 1. The van der Waals surface area contributed by atoms with Crippen LogP contribution in [0.1, 0.15) is 26.3 Å². The maximum Gasteiger partial charge on any atom is 0.408 e. The molecule has 0 aromatic heterocycles. The van der Waals surface area contributed by atoms with Crippen LogP contribution in [0.5, 0.6) is 0 Å². The van der Waals surface area contributed by atoms with Crippen LogP contribution in [0, 0.1) is 18.2 Å². The minimum absolute atomic E-state index is 0.328. The van der Waals surface area contributed by atoms with Crippen molar-refractivity contribution in [2.24, 2.45) is 0 Å². The summed E-state index contributed by atoms with van der Waals surface area (Å²) in [6.45, 7) is 5.30. The lowest BCUT2D eigenvalue weighted by Crippen LogP contribution is -2.39. The molecule has 0 aliphatic carbocycles. The van der Waals surface area contributed by atoms with Crippen LogP contribution in [0.3, 0.4) is 0 Å². The van der Waals surface area contributed by atoms with E-state index in [-0.39, 0.29) is 5.82 Å². The fraction of sp³-hybridized carbons (Fsp3) is 0.400. The standard InChI is InChI=1S/C15H18FNO2/c1-5-13(17-14(18)19-15(2,3)4)10-11-7-6-8-12(16)9-11/h1,6-9,13H,10H2,2-4H3,(H,17,18)/t13-/m1/s1. The second-order valence-electron chi connectivity index (χ2n) is 5.20. The number of nitrogens with one attached hydrogen (secondary N) is 1. The van der Waals surface area contributed by atoms with Crippen LogP contribution in [0.25, 0.3) is 0 Å². The Hall–Kier alpha value is -2.02. The SMILES string of the molecule is C#C[C@H](Cc1cccc(F)c1)NC(=O)OC(C)(C)C. The highest BCUT2D eigenvalue weighted by atomic mass is 19.1. The summed E-state index contributed by atoms with van der Waals surface area (Å²) in [7, 11) is 0. The number of rotatable bonds is 3. The van der Waals surface area contributed by atoms with E-state index in [1.54, 1.807) is 32.9 Å². The van der Waals surface area contributed by atoms with E-state index in [4.69, 9.17) is 11.2 Å². The van der Waals surface area contributed by atoms with Crippen LogP contribution >= 0.6 is 0 Å². The smallest absolute Gasteiger partial charge is 0.408 e. The van der Waals surface area contributed by atoms with Gasteiger partial charge in [0.2, 0.25) is 0 Å². The first-order valence-corrected chi connectivity index (χ1v) is 6.00. The van der Waals surface area contributed by atoms with Gasteiger partial charge in [0.1, 0.15) is 11.4 Å². The number of alkyl carbamates (subject to hydrolysis) is 1. The molecule has 1 aromatic rings. The molecule has 1 amide bonds. The summed E-state index contributed by atoms with van der Waals surface area (Å²) < 4.78 is 18.2. The Labute approximate surface area is 113 Å². The Kier molecular flexibility index (Phi) is 4.94. The minimum Gasteiger partial charge on any atom is -0.444 e. The molecule has 0 bridgehead atoms. The molecule has 3 nitrogen and oxygen atoms in total. The van der Waals surface area contributed by atoms with E-state index in [0.717, 1.165) is 5.56 Å². The predicted molar refractivity (Wildman–Crippen MR) is 72.1 cm³/mol. The predicted octanol–water partition coefficient (Wildman–Crippen LogP) is 2.89. The number of carbonyl (C=O) groups is 1. The molecule has 4 heteroatoms. The monoisotopic (exact) mass is 263 g/mol. The summed E-state index contributed by atoms with van der Waals surface area (Å²) in [5, 5.41) is 2.57. The van der Waals surface area contributed by atoms with E-state index >= 15 is 0 Å². The number of carbonyl (C=O) groups excluding carboxylic acids is 1. The first kappa shape index (κ1) is 15.0. The van der Waals surface area contributed by atoms with E-state index in [1.807, 2.05) is 0 Å². The molecule has 0 heterocycles. The first-order chi connectivity index (χ1) is 8.80. The molecule has 0 spiro atoms. The topological polar surface area (TPSA) is 38.3 Å². The molecule has 102 valence electrons. The van der Waals surface area contributed by atoms with Crippen LogP contribution in [-0.4, -0.2) is 17.7 Å². The van der Waals surface area contributed by atoms with Gasteiger partial charge < -0.3 is 10.1 Å². The number of benzene rings is 1. The van der Waals surface area contributed by atoms with Gasteiger partial charge in [-0.2, -0.15) is 0 Å². The molecule has 0 fully saturated rings. The summed E-state index contributed by atoms with van der Waals surface area (Å²) in [6, 6.07) is 5.57. The fourth-order valence-electron chi connectivity index (χ4n) is 1.50. The largest absolute Gasteiger partial charge is 0.444 e. The highest BCUT2D eigenvalue weighted by Gasteiger charge is 2.18. The zero-order chi connectivity index (χ0) is 14.5. The van der Waals surface area contributed by atoms with Gasteiger partial charge in [0.25, 0.3) is 0 Å². The fourth-order valence-corrected chi connectivity index (χ4v) is 1.50. The quantitative estimate of drug-likeness (QED) is 0.852. The van der Waals surface area contributed by atoms with Crippen molar-refractivity contribution in [3.05, 3.63) is 35.6 Å². The number of terminal acetylenes is 1. The van der Waals surface area contributed by atoms with Crippen molar-refractivity contribution >= 4 is 6.09 Å². The molecule has 0 aliphatic rings. The molecule has 19 heavy (non-hydrogen) atoms. The van der Waals surface area contributed by atoms with Gasteiger partial charge in [-0.3, -0.25) is 0 Å². The molecule has 0 radical (unpaired) electrons. The highest BCUT2D eigenvalue weighted by Crippen LogP contribution is 2.09. The second-order valence-corrected chi connectivity index (χ2v) is 5.20. The molecule has 0 saturated carbocycles. The van der Waals surface area contributed by atoms with Crippen LogP contribution in [-0.2, 0) is 11.2 Å². The zero-order valence-corrected chi connectivity index (χ0v) is 11.4. The molecular formula is C15H18FNO2. The lowest BCUT2D eigenvalue weighted by Gasteiger charge is -2.21. The van der Waals surface area contributed by atoms with Gasteiger partial charge in [-0.05, 0) is 38.5 Å². The number of hydrogen-bond acceptors (Lipinski definition) is 2. The van der Waals surface area contributed by atoms with Crippen molar-refractivity contribution in [2.45, 2.75) is 38.8 Å². The summed E-state index contributed by atoms with van der Waals surface area (Å²) in [5.74, 6) is 2.12. The molecule has 1 rings (SSSR count). The van der Waals surface area contributed by atoms with Crippen molar-refractivity contribution < 1.29 is 13.9 Å². The van der Waals surface area contributed by atoms with Gasteiger partial charge in [-0.15, -0.1) is 6.42 Å². The third-order valence-corrected chi connectivity index (χ3v) is 2.22.